The number of amides is 1. The molecule has 1 aromatic carbocycles. The maximum absolute atomic E-state index is 14.8. The highest BCUT2D eigenvalue weighted by atomic mass is 19.1. The summed E-state index contributed by atoms with van der Waals surface area (Å²) in [5.41, 5.74) is 3.41. The van der Waals surface area contributed by atoms with Gasteiger partial charge in [0.05, 0.1) is 17.8 Å². The van der Waals surface area contributed by atoms with E-state index < -0.39 is 18.0 Å². The Labute approximate surface area is 179 Å². The number of ether oxygens (including phenoxy) is 1. The molecule has 31 heavy (non-hydrogen) atoms. The van der Waals surface area contributed by atoms with Crippen molar-refractivity contribution in [2.45, 2.75) is 25.0 Å². The first-order valence-corrected chi connectivity index (χ1v) is 10.1. The fourth-order valence-corrected chi connectivity index (χ4v) is 3.57. The van der Waals surface area contributed by atoms with Gasteiger partial charge in [-0.25, -0.2) is 4.39 Å². The second-order valence-electron chi connectivity index (χ2n) is 7.51. The number of pyridine rings is 1. The fraction of sp³-hybridized carbons (Fsp3) is 0.364. The van der Waals surface area contributed by atoms with Crippen LogP contribution in [-0.2, 0) is 23.0 Å². The Morgan fingerprint density at radius 1 is 1.42 bits per heavy atom. The second-order valence-corrected chi connectivity index (χ2v) is 7.51. The lowest BCUT2D eigenvalue weighted by atomic mass is 10.0. The Kier molecular flexibility index (Phi) is 6.21. The number of rotatable bonds is 5. The molecule has 0 spiro atoms. The predicted octanol–water partition coefficient (Wildman–Crippen LogP) is 1.70. The molecule has 1 fully saturated rings. The maximum Gasteiger partial charge on any atom is 0.251 e. The van der Waals surface area contributed by atoms with Crippen LogP contribution in [0.5, 0.6) is 0 Å². The Morgan fingerprint density at radius 3 is 3.10 bits per heavy atom. The summed E-state index contributed by atoms with van der Waals surface area (Å²) in [4.78, 5) is 16.8. The molecule has 9 heteroatoms. The molecular formula is C22H23FN6O2. The van der Waals surface area contributed by atoms with Crippen molar-refractivity contribution in [2.75, 3.05) is 19.7 Å². The van der Waals surface area contributed by atoms with Crippen LogP contribution in [0.25, 0.3) is 22.2 Å². The minimum Gasteiger partial charge on any atom is -0.367 e. The third kappa shape index (κ3) is 4.71. The number of aryl methyl sites for hydroxylation is 1. The first-order chi connectivity index (χ1) is 15.0. The number of nitrogens with one attached hydrogen (secondary N) is 2. The van der Waals surface area contributed by atoms with Gasteiger partial charge >= 0.3 is 0 Å². The number of hydrogen-bond donors (Lipinski definition) is 2. The number of fused-ring (bicyclic) bond motifs is 1. The molecule has 4 rings (SSSR count). The molecule has 160 valence electrons. The van der Waals surface area contributed by atoms with Gasteiger partial charge in [-0.2, -0.15) is 10.4 Å². The highest BCUT2D eigenvalue weighted by Crippen LogP contribution is 2.25. The lowest BCUT2D eigenvalue weighted by Gasteiger charge is -2.18. The largest absolute Gasteiger partial charge is 0.367 e. The van der Waals surface area contributed by atoms with Crippen LogP contribution in [0.2, 0.25) is 0 Å². The van der Waals surface area contributed by atoms with Crippen molar-refractivity contribution in [3.63, 3.8) is 0 Å². The van der Waals surface area contributed by atoms with Gasteiger partial charge in [-0.05, 0) is 36.2 Å². The molecular weight excluding hydrogens is 399 g/mol. The van der Waals surface area contributed by atoms with Crippen molar-refractivity contribution in [3.8, 4) is 17.2 Å². The standard InChI is InChI=1S/C22H23FN6O2/c1-29-20-9-16(11-26-19(20)12-27-29)14-3-4-15(18(23)8-14)7-17(10-24)28-22(30)21-13-25-5-2-6-31-21/h3-4,8-9,11-12,17,21,25H,2,5-7,13H2,1H3,(H,28,30)/t17-,21+/m1/s1. The fourth-order valence-electron chi connectivity index (χ4n) is 3.57. The van der Waals surface area contributed by atoms with Crippen LogP contribution in [0, 0.1) is 17.1 Å². The van der Waals surface area contributed by atoms with Crippen LogP contribution in [0.3, 0.4) is 0 Å². The molecule has 2 atom stereocenters. The molecule has 0 unspecified atom stereocenters. The third-order valence-corrected chi connectivity index (χ3v) is 5.32. The SMILES string of the molecule is Cn1ncc2ncc(-c3ccc(C[C@H](C#N)NC(=O)[C@@H]4CNCCCO4)c(F)c3)cc21. The zero-order valence-corrected chi connectivity index (χ0v) is 17.1. The van der Waals surface area contributed by atoms with Crippen LogP contribution in [0.15, 0.2) is 36.7 Å². The van der Waals surface area contributed by atoms with E-state index in [1.165, 1.54) is 6.07 Å². The van der Waals surface area contributed by atoms with E-state index in [9.17, 15) is 14.4 Å². The van der Waals surface area contributed by atoms with E-state index in [1.54, 1.807) is 29.2 Å². The summed E-state index contributed by atoms with van der Waals surface area (Å²) >= 11 is 0. The van der Waals surface area contributed by atoms with Crippen molar-refractivity contribution in [2.24, 2.45) is 7.05 Å². The van der Waals surface area contributed by atoms with Gasteiger partial charge < -0.3 is 15.4 Å². The summed E-state index contributed by atoms with van der Waals surface area (Å²) in [5.74, 6) is -0.807. The second kappa shape index (κ2) is 9.20. The smallest absolute Gasteiger partial charge is 0.251 e. The van der Waals surface area contributed by atoms with E-state index in [0.29, 0.717) is 24.3 Å². The first kappa shape index (κ1) is 20.9. The van der Waals surface area contributed by atoms with Gasteiger partial charge in [-0.15, -0.1) is 0 Å². The third-order valence-electron chi connectivity index (χ3n) is 5.32. The molecule has 0 bridgehead atoms. The lowest BCUT2D eigenvalue weighted by molar-refractivity contribution is -0.132. The zero-order valence-electron chi connectivity index (χ0n) is 17.1. The molecule has 2 N–H and O–H groups in total. The highest BCUT2D eigenvalue weighted by molar-refractivity contribution is 5.82. The van der Waals surface area contributed by atoms with Gasteiger partial charge in [0.2, 0.25) is 0 Å². The molecule has 0 aliphatic carbocycles. The summed E-state index contributed by atoms with van der Waals surface area (Å²) in [6.45, 7) is 1.66. The van der Waals surface area contributed by atoms with E-state index in [1.807, 2.05) is 19.2 Å². The van der Waals surface area contributed by atoms with E-state index >= 15 is 0 Å². The zero-order chi connectivity index (χ0) is 21.8. The van der Waals surface area contributed by atoms with Crippen LogP contribution in [-0.4, -0.2) is 52.5 Å². The number of carbonyl (C=O) groups is 1. The van der Waals surface area contributed by atoms with Crippen LogP contribution >= 0.6 is 0 Å². The summed E-state index contributed by atoms with van der Waals surface area (Å²) in [6.07, 6.45) is 3.59. The Balaban J connectivity index is 1.47. The normalized spacial score (nSPS) is 17.6. The average molecular weight is 422 g/mol. The van der Waals surface area contributed by atoms with Crippen LogP contribution in [0.4, 0.5) is 4.39 Å². The molecule has 1 aliphatic rings. The minimum atomic E-state index is -0.854. The molecule has 3 heterocycles. The van der Waals surface area contributed by atoms with E-state index in [2.05, 4.69) is 20.7 Å². The van der Waals surface area contributed by atoms with E-state index in [4.69, 9.17) is 4.74 Å². The Hall–Kier alpha value is -3.35. The van der Waals surface area contributed by atoms with Gasteiger partial charge in [0.1, 0.15) is 23.5 Å². The predicted molar refractivity (Wildman–Crippen MR) is 112 cm³/mol. The topological polar surface area (TPSA) is 105 Å². The van der Waals surface area contributed by atoms with Gasteiger partial charge in [0.25, 0.3) is 5.91 Å². The molecule has 8 nitrogen and oxygen atoms in total. The number of benzene rings is 1. The molecule has 1 saturated heterocycles. The maximum atomic E-state index is 14.8. The molecule has 0 saturated carbocycles. The number of aromatic nitrogens is 3. The van der Waals surface area contributed by atoms with Crippen LogP contribution < -0.4 is 10.6 Å². The highest BCUT2D eigenvalue weighted by Gasteiger charge is 2.24. The minimum absolute atomic E-state index is 0.0630. The van der Waals surface area contributed by atoms with Crippen molar-refractivity contribution in [1.29, 1.82) is 5.26 Å². The quantitative estimate of drug-likeness (QED) is 0.649. The number of carbonyl (C=O) groups excluding carboxylic acids is 1. The summed E-state index contributed by atoms with van der Waals surface area (Å²) in [6, 6.07) is 7.93. The van der Waals surface area contributed by atoms with Crippen molar-refractivity contribution >= 4 is 16.9 Å². The molecule has 2 aromatic heterocycles. The molecule has 3 aromatic rings. The monoisotopic (exact) mass is 422 g/mol. The van der Waals surface area contributed by atoms with E-state index in [0.717, 1.165) is 29.6 Å². The number of nitrogens with zero attached hydrogens (tertiary/aromatic N) is 4. The summed E-state index contributed by atoms with van der Waals surface area (Å²) in [5, 5.41) is 19.4. The molecule has 1 aliphatic heterocycles. The van der Waals surface area contributed by atoms with Crippen LogP contribution in [0.1, 0.15) is 12.0 Å². The Bertz CT molecular complexity index is 1130. The van der Waals surface area contributed by atoms with Gasteiger partial charge in [-0.1, -0.05) is 12.1 Å². The molecule has 0 radical (unpaired) electrons. The number of halogens is 1. The number of hydrogen-bond acceptors (Lipinski definition) is 6. The van der Waals surface area contributed by atoms with Gasteiger partial charge in [0, 0.05) is 38.4 Å². The van der Waals surface area contributed by atoms with Crippen molar-refractivity contribution < 1.29 is 13.9 Å². The lowest BCUT2D eigenvalue weighted by Crippen LogP contribution is -2.46. The van der Waals surface area contributed by atoms with Gasteiger partial charge in [0.15, 0.2) is 0 Å². The first-order valence-electron chi connectivity index (χ1n) is 10.1. The average Bonchev–Trinajstić information content (AvgIpc) is 2.97. The Morgan fingerprint density at radius 2 is 2.29 bits per heavy atom. The van der Waals surface area contributed by atoms with Crippen molar-refractivity contribution in [3.05, 3.63) is 48.0 Å². The number of nitriles is 1. The summed E-state index contributed by atoms with van der Waals surface area (Å²) < 4.78 is 22.0. The molecule has 1 amide bonds. The van der Waals surface area contributed by atoms with E-state index in [-0.39, 0.29) is 12.3 Å². The summed E-state index contributed by atoms with van der Waals surface area (Å²) in [7, 11) is 1.82. The van der Waals surface area contributed by atoms with Crippen molar-refractivity contribution in [1.82, 2.24) is 25.4 Å². The van der Waals surface area contributed by atoms with Gasteiger partial charge in [-0.3, -0.25) is 14.5 Å².